The molecule has 0 spiro atoms. The Morgan fingerprint density at radius 1 is 0.800 bits per heavy atom. The molecule has 1 unspecified atom stereocenters. The molecule has 0 radical (unpaired) electrons. The highest BCUT2D eigenvalue weighted by Gasteiger charge is 2.24. The second-order valence-corrected chi connectivity index (χ2v) is 8.61. The Hall–Kier alpha value is -2.15. The van der Waals surface area contributed by atoms with E-state index in [1.54, 1.807) is 6.08 Å². The summed E-state index contributed by atoms with van der Waals surface area (Å²) < 4.78 is 5.91. The number of allylic oxidation sites excluding steroid dienone is 3. The highest BCUT2D eigenvalue weighted by atomic mass is 16.5. The number of ether oxygens (including phenoxy) is 1. The SMILES string of the molecule is C[N+](C)(C)CC(CC(=O)O)OC(=O)CCCCC/C=C/CCCC/C=C/CC(=O)O. The normalized spacial score (nSPS) is 13.0. The van der Waals surface area contributed by atoms with Crippen LogP contribution in [-0.4, -0.2) is 66.4 Å². The highest BCUT2D eigenvalue weighted by molar-refractivity contribution is 5.71. The van der Waals surface area contributed by atoms with Gasteiger partial charge in [-0.3, -0.25) is 14.4 Å². The quantitative estimate of drug-likeness (QED) is 0.148. The number of esters is 1. The van der Waals surface area contributed by atoms with Crippen LogP contribution in [0.1, 0.15) is 70.6 Å². The van der Waals surface area contributed by atoms with Gasteiger partial charge in [0.05, 0.1) is 34.0 Å². The molecule has 1 atom stereocenters. The van der Waals surface area contributed by atoms with Gasteiger partial charge in [0.25, 0.3) is 0 Å². The smallest absolute Gasteiger partial charge is 0.307 e. The molecule has 0 bridgehead atoms. The fourth-order valence-electron chi connectivity index (χ4n) is 2.96. The Labute approximate surface area is 181 Å². The van der Waals surface area contributed by atoms with Crippen molar-refractivity contribution in [3.8, 4) is 0 Å². The van der Waals surface area contributed by atoms with Crippen molar-refractivity contribution in [1.29, 1.82) is 0 Å². The molecule has 0 aromatic carbocycles. The molecule has 0 fully saturated rings. The number of nitrogens with zero attached hydrogens (tertiary/aromatic N) is 1. The van der Waals surface area contributed by atoms with E-state index in [4.69, 9.17) is 14.9 Å². The van der Waals surface area contributed by atoms with Crippen LogP contribution in [0.25, 0.3) is 0 Å². The zero-order chi connectivity index (χ0) is 22.8. The van der Waals surface area contributed by atoms with Crippen LogP contribution < -0.4 is 0 Å². The van der Waals surface area contributed by atoms with E-state index in [1.807, 2.05) is 27.2 Å². The Bertz CT molecular complexity index is 563. The summed E-state index contributed by atoms with van der Waals surface area (Å²) in [5, 5.41) is 17.5. The molecule has 0 aliphatic carbocycles. The van der Waals surface area contributed by atoms with Crippen molar-refractivity contribution >= 4 is 17.9 Å². The summed E-state index contributed by atoms with van der Waals surface area (Å²) in [6, 6.07) is 0. The number of rotatable bonds is 18. The number of carboxylic acids is 2. The van der Waals surface area contributed by atoms with Crippen molar-refractivity contribution in [3.63, 3.8) is 0 Å². The Morgan fingerprint density at radius 3 is 1.83 bits per heavy atom. The summed E-state index contributed by atoms with van der Waals surface area (Å²) in [5.74, 6) is -2.07. The van der Waals surface area contributed by atoms with Crippen LogP contribution in [0.2, 0.25) is 0 Å². The van der Waals surface area contributed by atoms with Gasteiger partial charge in [0.15, 0.2) is 6.10 Å². The lowest BCUT2D eigenvalue weighted by atomic mass is 10.1. The summed E-state index contributed by atoms with van der Waals surface area (Å²) in [5.41, 5.74) is 0. The number of aliphatic carboxylic acids is 2. The number of unbranched alkanes of at least 4 members (excludes halogenated alkanes) is 6. The van der Waals surface area contributed by atoms with Gasteiger partial charge in [-0.1, -0.05) is 30.7 Å². The number of carbonyl (C=O) groups is 3. The van der Waals surface area contributed by atoms with Crippen molar-refractivity contribution in [3.05, 3.63) is 24.3 Å². The van der Waals surface area contributed by atoms with Crippen molar-refractivity contribution < 1.29 is 33.8 Å². The standard InChI is InChI=1S/C23H39NO6/c1-24(2,3)19-20(18-22(27)28)30-23(29)17-15-13-11-9-7-5-4-6-8-10-12-14-16-21(25)26/h5,7,12,14,20H,4,6,8-11,13,15-19H2,1-3H3,(H-,25,26,27,28)/p+1/b7-5+,14-12+. The van der Waals surface area contributed by atoms with E-state index < -0.39 is 18.0 Å². The van der Waals surface area contributed by atoms with Gasteiger partial charge in [-0.2, -0.15) is 0 Å². The molecular weight excluding hydrogens is 386 g/mol. The van der Waals surface area contributed by atoms with Gasteiger partial charge in [-0.15, -0.1) is 0 Å². The maximum atomic E-state index is 12.0. The fourth-order valence-corrected chi connectivity index (χ4v) is 2.96. The Balaban J connectivity index is 3.75. The number of carbonyl (C=O) groups excluding carboxylic acids is 1. The molecule has 7 heteroatoms. The van der Waals surface area contributed by atoms with Gasteiger partial charge >= 0.3 is 17.9 Å². The summed E-state index contributed by atoms with van der Waals surface area (Å²) in [6.45, 7) is 0.474. The van der Waals surface area contributed by atoms with Crippen molar-refractivity contribution in [2.75, 3.05) is 27.7 Å². The van der Waals surface area contributed by atoms with Crippen LogP contribution in [0.3, 0.4) is 0 Å². The third-order valence-electron chi connectivity index (χ3n) is 4.32. The molecule has 2 N–H and O–H groups in total. The van der Waals surface area contributed by atoms with Gasteiger partial charge in [0, 0.05) is 6.42 Å². The van der Waals surface area contributed by atoms with Crippen molar-refractivity contribution in [2.45, 2.75) is 76.7 Å². The lowest BCUT2D eigenvalue weighted by Gasteiger charge is -2.28. The third-order valence-corrected chi connectivity index (χ3v) is 4.32. The number of hydrogen-bond donors (Lipinski definition) is 2. The van der Waals surface area contributed by atoms with Crippen molar-refractivity contribution in [1.82, 2.24) is 0 Å². The van der Waals surface area contributed by atoms with E-state index in [1.165, 1.54) is 0 Å². The molecular formula is C23H40NO6+. The molecule has 172 valence electrons. The minimum Gasteiger partial charge on any atom is -0.481 e. The average Bonchev–Trinajstić information content (AvgIpc) is 2.59. The van der Waals surface area contributed by atoms with E-state index in [0.717, 1.165) is 51.4 Å². The largest absolute Gasteiger partial charge is 0.481 e. The molecule has 30 heavy (non-hydrogen) atoms. The third kappa shape index (κ3) is 20.6. The van der Waals surface area contributed by atoms with Crippen LogP contribution in [-0.2, 0) is 19.1 Å². The molecule has 0 aromatic heterocycles. The fraction of sp³-hybridized carbons (Fsp3) is 0.696. The van der Waals surface area contributed by atoms with E-state index in [2.05, 4.69) is 12.2 Å². The monoisotopic (exact) mass is 426 g/mol. The zero-order valence-corrected chi connectivity index (χ0v) is 18.8. The number of carboxylic acid groups (broad SMARTS) is 2. The summed E-state index contributed by atoms with van der Waals surface area (Å²) in [7, 11) is 5.82. The summed E-state index contributed by atoms with van der Waals surface area (Å²) in [4.78, 5) is 33.3. The van der Waals surface area contributed by atoms with Crippen LogP contribution >= 0.6 is 0 Å². The molecule has 0 rings (SSSR count). The Morgan fingerprint density at radius 2 is 1.33 bits per heavy atom. The molecule has 0 saturated heterocycles. The van der Waals surface area contributed by atoms with Crippen molar-refractivity contribution in [2.24, 2.45) is 0 Å². The lowest BCUT2D eigenvalue weighted by molar-refractivity contribution is -0.873. The van der Waals surface area contributed by atoms with Crippen LogP contribution in [0.15, 0.2) is 24.3 Å². The van der Waals surface area contributed by atoms with Gasteiger partial charge in [0.1, 0.15) is 6.54 Å². The first kappa shape index (κ1) is 27.8. The molecule has 0 amide bonds. The lowest BCUT2D eigenvalue weighted by Crippen LogP contribution is -2.43. The minimum atomic E-state index is -0.956. The molecule has 0 saturated carbocycles. The first-order valence-electron chi connectivity index (χ1n) is 10.8. The van der Waals surface area contributed by atoms with E-state index in [-0.39, 0.29) is 18.8 Å². The highest BCUT2D eigenvalue weighted by Crippen LogP contribution is 2.10. The molecule has 7 nitrogen and oxygen atoms in total. The second kappa shape index (κ2) is 16.6. The van der Waals surface area contributed by atoms with E-state index in [0.29, 0.717) is 17.4 Å². The van der Waals surface area contributed by atoms with Gasteiger partial charge in [-0.25, -0.2) is 0 Å². The molecule has 0 heterocycles. The molecule has 0 aliphatic heterocycles. The van der Waals surface area contributed by atoms with E-state index >= 15 is 0 Å². The number of likely N-dealkylation sites (N-methyl/N-ethyl adjacent to an activating group) is 1. The second-order valence-electron chi connectivity index (χ2n) is 8.61. The van der Waals surface area contributed by atoms with Gasteiger partial charge in [0.2, 0.25) is 0 Å². The molecule has 0 aliphatic rings. The topological polar surface area (TPSA) is 101 Å². The van der Waals surface area contributed by atoms with Gasteiger partial charge < -0.3 is 19.4 Å². The number of quaternary nitrogens is 1. The minimum absolute atomic E-state index is 0.0940. The maximum Gasteiger partial charge on any atom is 0.307 e. The predicted octanol–water partition coefficient (Wildman–Crippen LogP) is 4.18. The first-order valence-corrected chi connectivity index (χ1v) is 10.8. The number of hydrogen-bond acceptors (Lipinski definition) is 4. The Kier molecular flexibility index (Phi) is 15.4. The van der Waals surface area contributed by atoms with Crippen LogP contribution in [0.4, 0.5) is 0 Å². The van der Waals surface area contributed by atoms with Crippen LogP contribution in [0.5, 0.6) is 0 Å². The summed E-state index contributed by atoms with van der Waals surface area (Å²) >= 11 is 0. The summed E-state index contributed by atoms with van der Waals surface area (Å²) in [6.07, 6.45) is 15.4. The zero-order valence-electron chi connectivity index (χ0n) is 18.8. The predicted molar refractivity (Wildman–Crippen MR) is 117 cm³/mol. The van der Waals surface area contributed by atoms with Gasteiger partial charge in [-0.05, 0) is 44.9 Å². The van der Waals surface area contributed by atoms with E-state index in [9.17, 15) is 14.4 Å². The van der Waals surface area contributed by atoms with Crippen LogP contribution in [0, 0.1) is 0 Å². The average molecular weight is 427 g/mol. The maximum absolute atomic E-state index is 12.0. The first-order chi connectivity index (χ1) is 14.1. The molecule has 0 aromatic rings.